The smallest absolute Gasteiger partial charge is 0.317 e. The Morgan fingerprint density at radius 1 is 1.12 bits per heavy atom. The van der Waals surface area contributed by atoms with Gasteiger partial charge in [0.15, 0.2) is 0 Å². The van der Waals surface area contributed by atoms with Gasteiger partial charge >= 0.3 is 6.03 Å². The van der Waals surface area contributed by atoms with Crippen molar-refractivity contribution in [1.82, 2.24) is 14.5 Å². The number of nitrogens with one attached hydrogen (secondary N) is 1. The molecule has 0 bridgehead atoms. The number of sulfonamides is 1. The molecule has 6 nitrogen and oxygen atoms in total. The van der Waals surface area contributed by atoms with Crippen molar-refractivity contribution < 1.29 is 17.6 Å². The number of nitrogens with zero attached hydrogens (tertiary/aromatic N) is 2. The Balaban J connectivity index is 1.97. The first-order chi connectivity index (χ1) is 11.4. The molecular formula is C16H24FN3O3S. The Kier molecular flexibility index (Phi) is 6.17. The number of halogens is 1. The molecule has 1 aliphatic rings. The maximum Gasteiger partial charge on any atom is 0.317 e. The molecule has 2 rings (SSSR count). The van der Waals surface area contributed by atoms with Crippen molar-refractivity contribution in [3.63, 3.8) is 0 Å². The minimum Gasteiger partial charge on any atom is -0.335 e. The Morgan fingerprint density at radius 3 is 2.17 bits per heavy atom. The van der Waals surface area contributed by atoms with Gasteiger partial charge in [-0.1, -0.05) is 13.8 Å². The summed E-state index contributed by atoms with van der Waals surface area (Å²) in [6, 6.07) is 4.77. The third-order valence-electron chi connectivity index (χ3n) is 4.29. The molecule has 0 saturated carbocycles. The molecule has 0 aliphatic carbocycles. The van der Waals surface area contributed by atoms with E-state index in [-0.39, 0.29) is 30.1 Å². The summed E-state index contributed by atoms with van der Waals surface area (Å²) in [7, 11) is -3.65. The summed E-state index contributed by atoms with van der Waals surface area (Å²) in [4.78, 5) is 13.9. The zero-order valence-electron chi connectivity index (χ0n) is 14.0. The van der Waals surface area contributed by atoms with Crippen LogP contribution in [0.4, 0.5) is 9.18 Å². The predicted octanol–water partition coefficient (Wildman–Crippen LogP) is 2.03. The number of carbonyl (C=O) groups excluding carboxylic acids is 1. The largest absolute Gasteiger partial charge is 0.335 e. The summed E-state index contributed by atoms with van der Waals surface area (Å²) < 4.78 is 39.4. The van der Waals surface area contributed by atoms with Crippen LogP contribution in [0.25, 0.3) is 0 Å². The zero-order chi connectivity index (χ0) is 17.7. The van der Waals surface area contributed by atoms with Crippen LogP contribution in [0.1, 0.15) is 26.7 Å². The number of piperazine rings is 1. The highest BCUT2D eigenvalue weighted by Gasteiger charge is 2.30. The molecule has 24 heavy (non-hydrogen) atoms. The average Bonchev–Trinajstić information content (AvgIpc) is 2.60. The highest BCUT2D eigenvalue weighted by Crippen LogP contribution is 2.18. The standard InChI is InChI=1S/C16H24FN3O3S/c1-3-14(4-2)18-16(21)19-9-11-20(12-10-19)24(22,23)15-7-5-13(17)6-8-15/h5-8,14H,3-4,9-12H2,1-2H3,(H,18,21). The van der Waals surface area contributed by atoms with E-state index in [4.69, 9.17) is 0 Å². The minimum atomic E-state index is -3.65. The van der Waals surface area contributed by atoms with Gasteiger partial charge in [-0.05, 0) is 37.1 Å². The molecule has 0 unspecified atom stereocenters. The predicted molar refractivity (Wildman–Crippen MR) is 89.6 cm³/mol. The van der Waals surface area contributed by atoms with Crippen LogP contribution < -0.4 is 5.32 Å². The van der Waals surface area contributed by atoms with Gasteiger partial charge in [0, 0.05) is 32.2 Å². The van der Waals surface area contributed by atoms with Gasteiger partial charge in [0.05, 0.1) is 4.90 Å². The highest BCUT2D eigenvalue weighted by atomic mass is 32.2. The molecule has 8 heteroatoms. The van der Waals surface area contributed by atoms with Crippen LogP contribution in [-0.4, -0.2) is 55.9 Å². The van der Waals surface area contributed by atoms with E-state index >= 15 is 0 Å². The molecular weight excluding hydrogens is 333 g/mol. The first-order valence-corrected chi connectivity index (χ1v) is 9.63. The second-order valence-electron chi connectivity index (χ2n) is 5.81. The van der Waals surface area contributed by atoms with E-state index in [1.165, 1.54) is 16.4 Å². The fraction of sp³-hybridized carbons (Fsp3) is 0.562. The summed E-state index contributed by atoms with van der Waals surface area (Å²) >= 11 is 0. The van der Waals surface area contributed by atoms with Crippen molar-refractivity contribution in [3.8, 4) is 0 Å². The molecule has 1 N–H and O–H groups in total. The third-order valence-corrected chi connectivity index (χ3v) is 6.20. The second kappa shape index (κ2) is 7.94. The lowest BCUT2D eigenvalue weighted by atomic mass is 10.2. The van der Waals surface area contributed by atoms with Gasteiger partial charge in [0.2, 0.25) is 10.0 Å². The van der Waals surface area contributed by atoms with Crippen molar-refractivity contribution in [2.24, 2.45) is 0 Å². The monoisotopic (exact) mass is 357 g/mol. The lowest BCUT2D eigenvalue weighted by Gasteiger charge is -2.34. The van der Waals surface area contributed by atoms with Crippen LogP contribution >= 0.6 is 0 Å². The maximum absolute atomic E-state index is 13.0. The molecule has 0 radical (unpaired) electrons. The number of rotatable bonds is 5. The van der Waals surface area contributed by atoms with Crippen molar-refractivity contribution in [2.45, 2.75) is 37.6 Å². The van der Waals surface area contributed by atoms with E-state index in [1.54, 1.807) is 4.90 Å². The highest BCUT2D eigenvalue weighted by molar-refractivity contribution is 7.89. The summed E-state index contributed by atoms with van der Waals surface area (Å²) in [6.07, 6.45) is 1.72. The Bertz CT molecular complexity index is 652. The van der Waals surface area contributed by atoms with E-state index in [0.29, 0.717) is 13.1 Å². The van der Waals surface area contributed by atoms with Crippen molar-refractivity contribution in [2.75, 3.05) is 26.2 Å². The molecule has 1 aromatic rings. The lowest BCUT2D eigenvalue weighted by molar-refractivity contribution is 0.168. The van der Waals surface area contributed by atoms with Gasteiger partial charge in [-0.15, -0.1) is 0 Å². The first-order valence-electron chi connectivity index (χ1n) is 8.19. The van der Waals surface area contributed by atoms with Crippen molar-refractivity contribution in [3.05, 3.63) is 30.1 Å². The first kappa shape index (κ1) is 18.7. The van der Waals surface area contributed by atoms with Gasteiger partial charge in [0.1, 0.15) is 5.82 Å². The maximum atomic E-state index is 13.0. The van der Waals surface area contributed by atoms with Gasteiger partial charge in [0.25, 0.3) is 0 Å². The summed E-state index contributed by atoms with van der Waals surface area (Å²) in [6.45, 7) is 5.17. The SMILES string of the molecule is CCC(CC)NC(=O)N1CCN(S(=O)(=O)c2ccc(F)cc2)CC1. The van der Waals surface area contributed by atoms with E-state index < -0.39 is 15.8 Å². The molecule has 1 aliphatic heterocycles. The zero-order valence-corrected chi connectivity index (χ0v) is 14.9. The topological polar surface area (TPSA) is 69.7 Å². The molecule has 1 fully saturated rings. The van der Waals surface area contributed by atoms with Gasteiger partial charge in [-0.3, -0.25) is 0 Å². The molecule has 2 amide bonds. The molecule has 134 valence electrons. The van der Waals surface area contributed by atoms with Crippen LogP contribution in [0, 0.1) is 5.82 Å². The van der Waals surface area contributed by atoms with Crippen LogP contribution in [-0.2, 0) is 10.0 Å². The van der Waals surface area contributed by atoms with Gasteiger partial charge in [-0.25, -0.2) is 17.6 Å². The van der Waals surface area contributed by atoms with E-state index in [2.05, 4.69) is 5.32 Å². The second-order valence-corrected chi connectivity index (χ2v) is 7.75. The summed E-state index contributed by atoms with van der Waals surface area (Å²) in [5.74, 6) is -0.475. The fourth-order valence-corrected chi connectivity index (χ4v) is 4.07. The van der Waals surface area contributed by atoms with Crippen LogP contribution in [0.5, 0.6) is 0 Å². The number of urea groups is 1. The Labute approximate surface area is 142 Å². The quantitative estimate of drug-likeness (QED) is 0.877. The number of carbonyl (C=O) groups is 1. The van der Waals surface area contributed by atoms with Crippen molar-refractivity contribution in [1.29, 1.82) is 0 Å². The van der Waals surface area contributed by atoms with Crippen molar-refractivity contribution >= 4 is 16.1 Å². The number of hydrogen-bond donors (Lipinski definition) is 1. The molecule has 1 aromatic carbocycles. The van der Waals surface area contributed by atoms with Crippen LogP contribution in [0.15, 0.2) is 29.2 Å². The van der Waals surface area contributed by atoms with Gasteiger partial charge in [-0.2, -0.15) is 4.31 Å². The minimum absolute atomic E-state index is 0.0684. The van der Waals surface area contributed by atoms with Crippen LogP contribution in [0.2, 0.25) is 0 Å². The van der Waals surface area contributed by atoms with Crippen LogP contribution in [0.3, 0.4) is 0 Å². The molecule has 0 atom stereocenters. The summed E-state index contributed by atoms with van der Waals surface area (Å²) in [5, 5.41) is 2.95. The summed E-state index contributed by atoms with van der Waals surface area (Å²) in [5.41, 5.74) is 0. The molecule has 1 saturated heterocycles. The normalized spacial score (nSPS) is 16.4. The Morgan fingerprint density at radius 2 is 1.67 bits per heavy atom. The fourth-order valence-electron chi connectivity index (χ4n) is 2.65. The van der Waals surface area contributed by atoms with E-state index in [1.807, 2.05) is 13.8 Å². The third kappa shape index (κ3) is 4.24. The number of amides is 2. The lowest BCUT2D eigenvalue weighted by Crippen LogP contribution is -2.54. The molecule has 0 spiro atoms. The van der Waals surface area contributed by atoms with Gasteiger partial charge < -0.3 is 10.2 Å². The van der Waals surface area contributed by atoms with E-state index in [9.17, 15) is 17.6 Å². The molecule has 1 heterocycles. The number of benzene rings is 1. The molecule has 0 aromatic heterocycles. The number of hydrogen-bond acceptors (Lipinski definition) is 3. The van der Waals surface area contributed by atoms with E-state index in [0.717, 1.165) is 25.0 Å². The Hall–Kier alpha value is -1.67. The average molecular weight is 357 g/mol.